The summed E-state index contributed by atoms with van der Waals surface area (Å²) in [7, 11) is -0.490. The predicted octanol–water partition coefficient (Wildman–Crippen LogP) is 1.35. The van der Waals surface area contributed by atoms with Crippen LogP contribution in [0, 0.1) is 0 Å². The molecular formula is C7H7BCl2O4. The van der Waals surface area contributed by atoms with E-state index < -0.39 is 7.32 Å². The monoisotopic (exact) mass is 236 g/mol. The van der Waals surface area contributed by atoms with Crippen LogP contribution in [0.15, 0.2) is 12.1 Å². The van der Waals surface area contributed by atoms with Gasteiger partial charge in [0.25, 0.3) is 0 Å². The van der Waals surface area contributed by atoms with E-state index in [0.717, 1.165) is 0 Å². The van der Waals surface area contributed by atoms with Crippen molar-refractivity contribution in [3.63, 3.8) is 0 Å². The van der Waals surface area contributed by atoms with Gasteiger partial charge in [0.1, 0.15) is 11.5 Å². The van der Waals surface area contributed by atoms with Crippen LogP contribution in [0.4, 0.5) is 0 Å². The maximum absolute atomic E-state index is 8.55. The molecule has 0 heterocycles. The highest BCUT2D eigenvalue weighted by molar-refractivity contribution is 6.37. The highest BCUT2D eigenvalue weighted by atomic mass is 35.5. The van der Waals surface area contributed by atoms with Gasteiger partial charge in [-0.2, -0.15) is 0 Å². The zero-order valence-electron chi connectivity index (χ0n) is 7.20. The van der Waals surface area contributed by atoms with Gasteiger partial charge in [0.2, 0.25) is 0 Å². The lowest BCUT2D eigenvalue weighted by Gasteiger charge is -2.09. The molecule has 0 unspecified atom stereocenters. The Hall–Kier alpha value is -0.615. The van der Waals surface area contributed by atoms with Gasteiger partial charge < -0.3 is 19.4 Å². The highest BCUT2D eigenvalue weighted by Crippen LogP contribution is 2.35. The second-order valence-electron chi connectivity index (χ2n) is 2.36. The summed E-state index contributed by atoms with van der Waals surface area (Å²) in [6.45, 7) is 0. The van der Waals surface area contributed by atoms with E-state index in [1.54, 1.807) is 0 Å². The summed E-state index contributed by atoms with van der Waals surface area (Å²) in [6.07, 6.45) is 0. The van der Waals surface area contributed by atoms with E-state index in [9.17, 15) is 0 Å². The molecule has 0 fully saturated rings. The van der Waals surface area contributed by atoms with Crippen LogP contribution in [0.3, 0.4) is 0 Å². The summed E-state index contributed by atoms with van der Waals surface area (Å²) in [5, 5.41) is 17.5. The van der Waals surface area contributed by atoms with Gasteiger partial charge in [-0.25, -0.2) is 0 Å². The first-order valence-electron chi connectivity index (χ1n) is 3.60. The van der Waals surface area contributed by atoms with Crippen LogP contribution in [-0.2, 0) is 0 Å². The summed E-state index contributed by atoms with van der Waals surface area (Å²) < 4.78 is 9.45. The molecule has 0 aliphatic heterocycles. The fraction of sp³-hybridized carbons (Fsp3) is 0.143. The van der Waals surface area contributed by atoms with Crippen LogP contribution in [0.5, 0.6) is 11.5 Å². The number of ether oxygens (including phenoxy) is 1. The molecule has 0 spiro atoms. The number of hydrogen-bond donors (Lipinski definition) is 2. The van der Waals surface area contributed by atoms with Crippen LogP contribution < -0.4 is 9.39 Å². The minimum absolute atomic E-state index is 0.0764. The minimum atomic E-state index is -1.93. The third kappa shape index (κ3) is 2.68. The number of halogens is 2. The largest absolute Gasteiger partial charge is 0.707 e. The lowest BCUT2D eigenvalue weighted by Crippen LogP contribution is -2.20. The Balaban J connectivity index is 3.02. The van der Waals surface area contributed by atoms with E-state index >= 15 is 0 Å². The van der Waals surface area contributed by atoms with Gasteiger partial charge in [-0.15, -0.1) is 0 Å². The van der Waals surface area contributed by atoms with Crippen LogP contribution in [0.2, 0.25) is 10.0 Å². The van der Waals surface area contributed by atoms with Gasteiger partial charge in [0.15, 0.2) is 0 Å². The van der Waals surface area contributed by atoms with Crippen LogP contribution in [-0.4, -0.2) is 24.5 Å². The first-order valence-corrected chi connectivity index (χ1v) is 4.36. The van der Waals surface area contributed by atoms with Crippen molar-refractivity contribution in [2.75, 3.05) is 7.11 Å². The molecule has 0 aliphatic rings. The molecule has 1 aromatic rings. The number of rotatable bonds is 3. The van der Waals surface area contributed by atoms with Gasteiger partial charge in [-0.05, 0) is 0 Å². The highest BCUT2D eigenvalue weighted by Gasteiger charge is 2.15. The number of methoxy groups -OCH3 is 1. The van der Waals surface area contributed by atoms with E-state index in [2.05, 4.69) is 4.65 Å². The summed E-state index contributed by atoms with van der Waals surface area (Å²) in [4.78, 5) is 0. The van der Waals surface area contributed by atoms with Crippen molar-refractivity contribution >= 4 is 30.5 Å². The number of hydrogen-bond acceptors (Lipinski definition) is 4. The molecule has 4 nitrogen and oxygen atoms in total. The Labute approximate surface area is 91.1 Å². The zero-order valence-corrected chi connectivity index (χ0v) is 8.71. The smallest absolute Gasteiger partial charge is 0.511 e. The van der Waals surface area contributed by atoms with Gasteiger partial charge >= 0.3 is 7.32 Å². The molecular weight excluding hydrogens is 230 g/mol. The van der Waals surface area contributed by atoms with Gasteiger partial charge in [-0.1, -0.05) is 23.2 Å². The topological polar surface area (TPSA) is 58.9 Å². The summed E-state index contributed by atoms with van der Waals surface area (Å²) in [5.74, 6) is 0.462. The maximum atomic E-state index is 8.55. The van der Waals surface area contributed by atoms with Crippen molar-refractivity contribution < 1.29 is 19.4 Å². The standard InChI is InChI=1S/C7H7BCl2O4/c1-13-6-2-5(10)7(3-4(6)9)14-8(11)12/h2-3,11-12H,1H3. The lowest BCUT2D eigenvalue weighted by atomic mass is 10.2. The van der Waals surface area contributed by atoms with Crippen molar-refractivity contribution in [3.8, 4) is 11.5 Å². The molecule has 1 aromatic carbocycles. The van der Waals surface area contributed by atoms with E-state index in [4.69, 9.17) is 38.0 Å². The molecule has 0 atom stereocenters. The molecule has 0 aliphatic carbocycles. The molecule has 76 valence electrons. The maximum Gasteiger partial charge on any atom is 0.707 e. The summed E-state index contributed by atoms with van der Waals surface area (Å²) >= 11 is 11.5. The zero-order chi connectivity index (χ0) is 10.7. The average molecular weight is 237 g/mol. The van der Waals surface area contributed by atoms with Crippen LogP contribution in [0.1, 0.15) is 0 Å². The van der Waals surface area contributed by atoms with Crippen molar-refractivity contribution in [2.45, 2.75) is 0 Å². The molecule has 2 N–H and O–H groups in total. The fourth-order valence-electron chi connectivity index (χ4n) is 0.871. The minimum Gasteiger partial charge on any atom is -0.511 e. The van der Waals surface area contributed by atoms with Crippen molar-refractivity contribution in [1.82, 2.24) is 0 Å². The Morgan fingerprint density at radius 2 is 1.64 bits per heavy atom. The van der Waals surface area contributed by atoms with Crippen LogP contribution in [0.25, 0.3) is 0 Å². The average Bonchev–Trinajstić information content (AvgIpc) is 2.10. The van der Waals surface area contributed by atoms with Crippen molar-refractivity contribution in [2.24, 2.45) is 0 Å². The lowest BCUT2D eigenvalue weighted by molar-refractivity contribution is 0.288. The van der Waals surface area contributed by atoms with Gasteiger partial charge in [0.05, 0.1) is 17.2 Å². The van der Waals surface area contributed by atoms with Crippen molar-refractivity contribution in [3.05, 3.63) is 22.2 Å². The second kappa shape index (κ2) is 4.75. The first-order chi connectivity index (χ1) is 6.54. The van der Waals surface area contributed by atoms with Gasteiger partial charge in [-0.3, -0.25) is 0 Å². The Kier molecular flexibility index (Phi) is 3.89. The summed E-state index contributed by atoms with van der Waals surface area (Å²) in [5.41, 5.74) is 0. The SMILES string of the molecule is COc1cc(Cl)c(OB(O)O)cc1Cl. The van der Waals surface area contributed by atoms with Crippen molar-refractivity contribution in [1.29, 1.82) is 0 Å². The second-order valence-corrected chi connectivity index (χ2v) is 3.18. The van der Waals surface area contributed by atoms with E-state index in [-0.39, 0.29) is 15.8 Å². The Morgan fingerprint density at radius 3 is 2.14 bits per heavy atom. The third-order valence-corrected chi connectivity index (χ3v) is 2.03. The predicted molar refractivity (Wildman–Crippen MR) is 53.8 cm³/mol. The molecule has 14 heavy (non-hydrogen) atoms. The Morgan fingerprint density at radius 1 is 1.14 bits per heavy atom. The number of benzene rings is 1. The van der Waals surface area contributed by atoms with Gasteiger partial charge in [0, 0.05) is 12.1 Å². The summed E-state index contributed by atoms with van der Waals surface area (Å²) in [6, 6.07) is 2.75. The molecule has 7 heteroatoms. The first kappa shape index (κ1) is 11.5. The molecule has 0 radical (unpaired) electrons. The van der Waals surface area contributed by atoms with E-state index in [1.165, 1.54) is 19.2 Å². The molecule has 0 amide bonds. The molecule has 0 aromatic heterocycles. The molecule has 0 saturated carbocycles. The normalized spacial score (nSPS) is 9.79. The van der Waals surface area contributed by atoms with Crippen LogP contribution >= 0.6 is 23.2 Å². The fourth-order valence-corrected chi connectivity index (χ4v) is 1.30. The Bertz CT molecular complexity index is 332. The van der Waals surface area contributed by atoms with E-state index in [0.29, 0.717) is 5.75 Å². The molecule has 0 saturated heterocycles. The molecule has 0 bridgehead atoms. The third-order valence-electron chi connectivity index (χ3n) is 1.44. The van der Waals surface area contributed by atoms with E-state index in [1.807, 2.05) is 0 Å². The quantitative estimate of drug-likeness (QED) is 0.778. The molecule has 1 rings (SSSR count).